The molecule has 0 spiro atoms. The van der Waals surface area contributed by atoms with Crippen LogP contribution in [0.25, 0.3) is 0 Å². The molecule has 0 aromatic heterocycles. The summed E-state index contributed by atoms with van der Waals surface area (Å²) in [7, 11) is -3.45. The minimum absolute atomic E-state index is 0.267. The summed E-state index contributed by atoms with van der Waals surface area (Å²) in [6.07, 6.45) is 0. The van der Waals surface area contributed by atoms with Gasteiger partial charge in [0.25, 0.3) is 0 Å². The van der Waals surface area contributed by atoms with Crippen molar-refractivity contribution in [2.24, 2.45) is 0 Å². The van der Waals surface area contributed by atoms with Gasteiger partial charge in [0.1, 0.15) is 0 Å². The molecule has 0 unspecified atom stereocenters. The molecule has 0 amide bonds. The summed E-state index contributed by atoms with van der Waals surface area (Å²) < 4.78 is 24.7. The average Bonchev–Trinajstić information content (AvgIpc) is 2.30. The Morgan fingerprint density at radius 3 is 2.12 bits per heavy atom. The van der Waals surface area contributed by atoms with Gasteiger partial charge in [0.05, 0.1) is 9.79 Å². The largest absolute Gasteiger partial charge is 0.219 e. The highest BCUT2D eigenvalue weighted by molar-refractivity contribution is 7.91. The van der Waals surface area contributed by atoms with Gasteiger partial charge in [0.15, 0.2) is 0 Å². The number of rotatable bonds is 2. The molecule has 1 radical (unpaired) electrons. The number of hydrogen-bond acceptors (Lipinski definition) is 2. The fourth-order valence-corrected chi connectivity index (χ4v) is 3.03. The van der Waals surface area contributed by atoms with E-state index in [9.17, 15) is 8.42 Å². The Morgan fingerprint density at radius 2 is 1.53 bits per heavy atom. The Kier molecular flexibility index (Phi) is 3.03. The highest BCUT2D eigenvalue weighted by Gasteiger charge is 2.18. The smallest absolute Gasteiger partial charge is 0.206 e. The van der Waals surface area contributed by atoms with Gasteiger partial charge < -0.3 is 0 Å². The Hall–Kier alpha value is -1.61. The van der Waals surface area contributed by atoms with Crippen LogP contribution in [0, 0.1) is 13.8 Å². The van der Waals surface area contributed by atoms with E-state index in [-0.39, 0.29) is 4.90 Å². The SMILES string of the molecule is [CH2]c1ccccc1S(=O)(=O)c1ccc(C)cc1. The molecular weight excluding hydrogens is 232 g/mol. The molecule has 0 bridgehead atoms. The van der Waals surface area contributed by atoms with Gasteiger partial charge in [-0.2, -0.15) is 0 Å². The molecule has 0 aliphatic heterocycles. The Morgan fingerprint density at radius 1 is 0.941 bits per heavy atom. The standard InChI is InChI=1S/C14H13O2S/c1-11-7-9-13(10-8-11)17(15,16)14-6-4-3-5-12(14)2/h3-10H,2H2,1H3. The normalized spacial score (nSPS) is 11.4. The zero-order valence-corrected chi connectivity index (χ0v) is 10.4. The first kappa shape index (κ1) is 11.9. The van der Waals surface area contributed by atoms with Gasteiger partial charge in [-0.25, -0.2) is 8.42 Å². The fourth-order valence-electron chi connectivity index (χ4n) is 1.61. The molecule has 0 saturated heterocycles. The van der Waals surface area contributed by atoms with E-state index in [0.29, 0.717) is 10.5 Å². The summed E-state index contributed by atoms with van der Waals surface area (Å²) in [6, 6.07) is 13.6. The molecule has 17 heavy (non-hydrogen) atoms. The predicted molar refractivity (Wildman–Crippen MR) is 67.5 cm³/mol. The van der Waals surface area contributed by atoms with Crippen LogP contribution < -0.4 is 0 Å². The third kappa shape index (κ3) is 2.24. The maximum Gasteiger partial charge on any atom is 0.206 e. The second-order valence-corrected chi connectivity index (χ2v) is 5.84. The number of sulfone groups is 1. The van der Waals surface area contributed by atoms with Crippen LogP contribution in [0.5, 0.6) is 0 Å². The minimum Gasteiger partial charge on any atom is -0.219 e. The quantitative estimate of drug-likeness (QED) is 0.815. The van der Waals surface area contributed by atoms with E-state index in [1.165, 1.54) is 0 Å². The second-order valence-electron chi connectivity index (χ2n) is 3.92. The van der Waals surface area contributed by atoms with Crippen molar-refractivity contribution in [3.8, 4) is 0 Å². The van der Waals surface area contributed by atoms with Crippen molar-refractivity contribution in [2.75, 3.05) is 0 Å². The van der Waals surface area contributed by atoms with Crippen molar-refractivity contribution in [2.45, 2.75) is 16.7 Å². The van der Waals surface area contributed by atoms with Gasteiger partial charge in [-0.15, -0.1) is 0 Å². The first-order valence-electron chi connectivity index (χ1n) is 5.24. The topological polar surface area (TPSA) is 34.1 Å². The molecule has 0 atom stereocenters. The molecule has 3 heteroatoms. The van der Waals surface area contributed by atoms with Crippen molar-refractivity contribution in [3.05, 3.63) is 66.6 Å². The van der Waals surface area contributed by atoms with Crippen LogP contribution in [0.1, 0.15) is 11.1 Å². The molecule has 2 nitrogen and oxygen atoms in total. The third-order valence-corrected chi connectivity index (χ3v) is 4.46. The van der Waals surface area contributed by atoms with Crippen LogP contribution in [0.2, 0.25) is 0 Å². The molecular formula is C14H13O2S. The minimum atomic E-state index is -3.45. The fraction of sp³-hybridized carbons (Fsp3) is 0.0714. The van der Waals surface area contributed by atoms with Gasteiger partial charge in [0, 0.05) is 0 Å². The molecule has 0 aliphatic carbocycles. The molecule has 0 aliphatic rings. The molecule has 0 saturated carbocycles. The van der Waals surface area contributed by atoms with Crippen LogP contribution in [-0.4, -0.2) is 8.42 Å². The number of aryl methyl sites for hydroxylation is 1. The zero-order chi connectivity index (χ0) is 12.5. The van der Waals surface area contributed by atoms with Crippen molar-refractivity contribution >= 4 is 9.84 Å². The highest BCUT2D eigenvalue weighted by atomic mass is 32.2. The average molecular weight is 245 g/mol. The number of hydrogen-bond donors (Lipinski definition) is 0. The lowest BCUT2D eigenvalue weighted by molar-refractivity contribution is 0.596. The van der Waals surface area contributed by atoms with E-state index < -0.39 is 9.84 Å². The summed E-state index contributed by atoms with van der Waals surface area (Å²) in [5, 5.41) is 0. The van der Waals surface area contributed by atoms with E-state index in [1.54, 1.807) is 48.5 Å². The lowest BCUT2D eigenvalue weighted by Gasteiger charge is -2.07. The first-order chi connectivity index (χ1) is 8.01. The molecule has 0 N–H and O–H groups in total. The molecule has 2 aromatic rings. The van der Waals surface area contributed by atoms with Crippen LogP contribution in [0.3, 0.4) is 0 Å². The van der Waals surface area contributed by atoms with E-state index in [1.807, 2.05) is 6.92 Å². The summed E-state index contributed by atoms with van der Waals surface area (Å²) in [5.74, 6) is 0. The predicted octanol–water partition coefficient (Wildman–Crippen LogP) is 3.01. The summed E-state index contributed by atoms with van der Waals surface area (Å²) >= 11 is 0. The van der Waals surface area contributed by atoms with Crippen LogP contribution >= 0.6 is 0 Å². The maximum atomic E-state index is 12.3. The Bertz CT molecular complexity index is 626. The van der Waals surface area contributed by atoms with Gasteiger partial charge in [0.2, 0.25) is 9.84 Å². The summed E-state index contributed by atoms with van der Waals surface area (Å²) in [4.78, 5) is 0.572. The van der Waals surface area contributed by atoms with E-state index in [0.717, 1.165) is 5.56 Å². The molecule has 0 fully saturated rings. The van der Waals surface area contributed by atoms with Crippen molar-refractivity contribution in [3.63, 3.8) is 0 Å². The summed E-state index contributed by atoms with van der Waals surface area (Å²) in [5.41, 5.74) is 1.56. The van der Waals surface area contributed by atoms with Crippen LogP contribution in [0.4, 0.5) is 0 Å². The zero-order valence-electron chi connectivity index (χ0n) is 9.55. The van der Waals surface area contributed by atoms with Gasteiger partial charge in [-0.1, -0.05) is 35.9 Å². The van der Waals surface area contributed by atoms with E-state index in [4.69, 9.17) is 0 Å². The van der Waals surface area contributed by atoms with Crippen LogP contribution in [-0.2, 0) is 9.84 Å². The van der Waals surface area contributed by atoms with E-state index >= 15 is 0 Å². The lowest BCUT2D eigenvalue weighted by Crippen LogP contribution is -2.03. The highest BCUT2D eigenvalue weighted by Crippen LogP contribution is 2.23. The molecule has 2 rings (SSSR count). The van der Waals surface area contributed by atoms with Gasteiger partial charge in [-0.05, 0) is 37.6 Å². The van der Waals surface area contributed by atoms with Crippen molar-refractivity contribution < 1.29 is 8.42 Å². The third-order valence-electron chi connectivity index (χ3n) is 2.59. The van der Waals surface area contributed by atoms with Gasteiger partial charge >= 0.3 is 0 Å². The first-order valence-corrected chi connectivity index (χ1v) is 6.73. The van der Waals surface area contributed by atoms with Crippen molar-refractivity contribution in [1.82, 2.24) is 0 Å². The Labute approximate surface area is 102 Å². The molecule has 87 valence electrons. The Balaban J connectivity index is 2.58. The second kappa shape index (κ2) is 4.34. The lowest BCUT2D eigenvalue weighted by atomic mass is 10.2. The molecule has 2 aromatic carbocycles. The maximum absolute atomic E-state index is 12.3. The summed E-state index contributed by atoms with van der Waals surface area (Å²) in [6.45, 7) is 5.67. The van der Waals surface area contributed by atoms with Crippen LogP contribution in [0.15, 0.2) is 58.3 Å². The van der Waals surface area contributed by atoms with E-state index in [2.05, 4.69) is 6.92 Å². The molecule has 0 heterocycles. The number of benzene rings is 2. The van der Waals surface area contributed by atoms with Gasteiger partial charge in [-0.3, -0.25) is 0 Å². The van der Waals surface area contributed by atoms with Crippen molar-refractivity contribution in [1.29, 1.82) is 0 Å². The monoisotopic (exact) mass is 245 g/mol.